The van der Waals surface area contributed by atoms with E-state index < -0.39 is 5.97 Å². The van der Waals surface area contributed by atoms with Crippen LogP contribution in [0.5, 0.6) is 0 Å². The summed E-state index contributed by atoms with van der Waals surface area (Å²) in [7, 11) is 0. The SMILES string of the molecule is CCCC(C)NCc1ccsc1C(=O)O. The summed E-state index contributed by atoms with van der Waals surface area (Å²) in [5.41, 5.74) is 0.885. The topological polar surface area (TPSA) is 49.3 Å². The molecule has 1 rings (SSSR count). The van der Waals surface area contributed by atoms with Crippen molar-refractivity contribution in [2.75, 3.05) is 0 Å². The lowest BCUT2D eigenvalue weighted by Crippen LogP contribution is -2.25. The largest absolute Gasteiger partial charge is 0.477 e. The number of nitrogens with one attached hydrogen (secondary N) is 1. The first-order valence-corrected chi connectivity index (χ1v) is 6.06. The summed E-state index contributed by atoms with van der Waals surface area (Å²) in [5, 5.41) is 14.1. The van der Waals surface area contributed by atoms with E-state index in [1.54, 1.807) is 0 Å². The van der Waals surface area contributed by atoms with Crippen LogP contribution in [0.25, 0.3) is 0 Å². The van der Waals surface area contributed by atoms with Crippen LogP contribution in [0.4, 0.5) is 0 Å². The maximum atomic E-state index is 10.8. The minimum absolute atomic E-state index is 0.441. The van der Waals surface area contributed by atoms with E-state index in [2.05, 4.69) is 19.2 Å². The summed E-state index contributed by atoms with van der Waals surface area (Å²) in [6.45, 7) is 4.91. The van der Waals surface area contributed by atoms with Crippen molar-refractivity contribution in [3.05, 3.63) is 21.9 Å². The molecule has 1 unspecified atom stereocenters. The van der Waals surface area contributed by atoms with Gasteiger partial charge in [-0.3, -0.25) is 0 Å². The summed E-state index contributed by atoms with van der Waals surface area (Å²) in [5.74, 6) is -0.829. The average Bonchev–Trinajstić information content (AvgIpc) is 2.63. The Labute approximate surface area is 94.1 Å². The summed E-state index contributed by atoms with van der Waals surface area (Å²) in [6, 6.07) is 2.32. The van der Waals surface area contributed by atoms with E-state index in [0.29, 0.717) is 17.5 Å². The molecule has 0 radical (unpaired) electrons. The lowest BCUT2D eigenvalue weighted by atomic mass is 10.2. The summed E-state index contributed by atoms with van der Waals surface area (Å²) in [4.78, 5) is 11.3. The van der Waals surface area contributed by atoms with Crippen molar-refractivity contribution in [1.82, 2.24) is 5.32 Å². The molecule has 0 aliphatic heterocycles. The number of hydrogen-bond acceptors (Lipinski definition) is 3. The van der Waals surface area contributed by atoms with Crippen molar-refractivity contribution >= 4 is 17.3 Å². The van der Waals surface area contributed by atoms with Crippen LogP contribution < -0.4 is 5.32 Å². The highest BCUT2D eigenvalue weighted by Gasteiger charge is 2.11. The number of thiophene rings is 1. The smallest absolute Gasteiger partial charge is 0.346 e. The van der Waals surface area contributed by atoms with Crippen molar-refractivity contribution < 1.29 is 9.90 Å². The molecule has 2 N–H and O–H groups in total. The Morgan fingerprint density at radius 1 is 1.67 bits per heavy atom. The third-order valence-electron chi connectivity index (χ3n) is 2.30. The van der Waals surface area contributed by atoms with Crippen molar-refractivity contribution in [1.29, 1.82) is 0 Å². The zero-order chi connectivity index (χ0) is 11.3. The quantitative estimate of drug-likeness (QED) is 0.785. The molecule has 0 aliphatic carbocycles. The van der Waals surface area contributed by atoms with Gasteiger partial charge in [-0.1, -0.05) is 13.3 Å². The molecule has 0 saturated carbocycles. The first-order chi connectivity index (χ1) is 7.15. The lowest BCUT2D eigenvalue weighted by Gasteiger charge is -2.12. The van der Waals surface area contributed by atoms with Crippen LogP contribution in [0.2, 0.25) is 0 Å². The van der Waals surface area contributed by atoms with Gasteiger partial charge in [-0.25, -0.2) is 4.79 Å². The molecule has 1 atom stereocenters. The Kier molecular flexibility index (Phi) is 4.78. The second kappa shape index (κ2) is 5.88. The average molecular weight is 227 g/mol. The molecule has 0 aliphatic rings. The second-order valence-electron chi connectivity index (χ2n) is 3.65. The zero-order valence-corrected chi connectivity index (χ0v) is 9.93. The van der Waals surface area contributed by atoms with E-state index >= 15 is 0 Å². The van der Waals surface area contributed by atoms with E-state index in [9.17, 15) is 4.79 Å². The monoisotopic (exact) mass is 227 g/mol. The Hall–Kier alpha value is -0.870. The zero-order valence-electron chi connectivity index (χ0n) is 9.12. The Bertz CT molecular complexity index is 322. The fraction of sp³-hybridized carbons (Fsp3) is 0.545. The third-order valence-corrected chi connectivity index (χ3v) is 3.25. The number of carbonyl (C=O) groups is 1. The molecule has 84 valence electrons. The molecular formula is C11H17NO2S. The Morgan fingerprint density at radius 2 is 2.40 bits per heavy atom. The maximum absolute atomic E-state index is 10.8. The molecule has 0 amide bonds. The first-order valence-electron chi connectivity index (χ1n) is 5.18. The normalized spacial score (nSPS) is 12.7. The molecule has 1 heterocycles. The van der Waals surface area contributed by atoms with Gasteiger partial charge in [0.15, 0.2) is 0 Å². The summed E-state index contributed by atoms with van der Waals surface area (Å²) >= 11 is 1.28. The number of rotatable bonds is 6. The molecule has 3 nitrogen and oxygen atoms in total. The highest BCUT2D eigenvalue weighted by molar-refractivity contribution is 7.12. The van der Waals surface area contributed by atoms with E-state index in [0.717, 1.165) is 18.4 Å². The van der Waals surface area contributed by atoms with Crippen LogP contribution in [0, 0.1) is 0 Å². The number of carboxylic acids is 1. The van der Waals surface area contributed by atoms with Gasteiger partial charge in [0, 0.05) is 12.6 Å². The molecule has 0 spiro atoms. The van der Waals surface area contributed by atoms with Gasteiger partial charge in [-0.05, 0) is 30.4 Å². The molecule has 0 bridgehead atoms. The molecule has 15 heavy (non-hydrogen) atoms. The van der Waals surface area contributed by atoms with Crippen molar-refractivity contribution in [3.8, 4) is 0 Å². The van der Waals surface area contributed by atoms with Gasteiger partial charge in [-0.15, -0.1) is 11.3 Å². The van der Waals surface area contributed by atoms with E-state index in [1.165, 1.54) is 11.3 Å². The molecule has 0 aromatic carbocycles. The fourth-order valence-electron chi connectivity index (χ4n) is 1.48. The molecule has 1 aromatic rings. The predicted molar refractivity (Wildman–Crippen MR) is 62.5 cm³/mol. The number of hydrogen-bond donors (Lipinski definition) is 2. The van der Waals surface area contributed by atoms with E-state index in [1.807, 2.05) is 11.4 Å². The highest BCUT2D eigenvalue weighted by atomic mass is 32.1. The van der Waals surface area contributed by atoms with Crippen LogP contribution in [0.3, 0.4) is 0 Å². The van der Waals surface area contributed by atoms with Crippen LogP contribution in [0.15, 0.2) is 11.4 Å². The minimum Gasteiger partial charge on any atom is -0.477 e. The van der Waals surface area contributed by atoms with Gasteiger partial charge in [-0.2, -0.15) is 0 Å². The van der Waals surface area contributed by atoms with Crippen LogP contribution in [-0.2, 0) is 6.54 Å². The standard InChI is InChI=1S/C11H17NO2S/c1-3-4-8(2)12-7-9-5-6-15-10(9)11(13)14/h5-6,8,12H,3-4,7H2,1-2H3,(H,13,14). The van der Waals surface area contributed by atoms with Crippen LogP contribution in [0.1, 0.15) is 41.9 Å². The molecule has 0 fully saturated rings. The van der Waals surface area contributed by atoms with Gasteiger partial charge >= 0.3 is 5.97 Å². The Morgan fingerprint density at radius 3 is 3.00 bits per heavy atom. The highest BCUT2D eigenvalue weighted by Crippen LogP contribution is 2.16. The van der Waals surface area contributed by atoms with Crippen molar-refractivity contribution in [2.45, 2.75) is 39.3 Å². The molecule has 4 heteroatoms. The Balaban J connectivity index is 2.50. The number of aromatic carboxylic acids is 1. The van der Waals surface area contributed by atoms with Gasteiger partial charge in [0.2, 0.25) is 0 Å². The van der Waals surface area contributed by atoms with Crippen LogP contribution in [-0.4, -0.2) is 17.1 Å². The summed E-state index contributed by atoms with van der Waals surface area (Å²) in [6.07, 6.45) is 2.26. The second-order valence-corrected chi connectivity index (χ2v) is 4.57. The van der Waals surface area contributed by atoms with Crippen molar-refractivity contribution in [2.24, 2.45) is 0 Å². The molecule has 1 aromatic heterocycles. The molecular weight excluding hydrogens is 210 g/mol. The lowest BCUT2D eigenvalue weighted by molar-refractivity contribution is 0.0701. The third kappa shape index (κ3) is 3.64. The van der Waals surface area contributed by atoms with Gasteiger partial charge in [0.05, 0.1) is 0 Å². The molecule has 0 saturated heterocycles. The maximum Gasteiger partial charge on any atom is 0.346 e. The predicted octanol–water partition coefficient (Wildman–Crippen LogP) is 2.72. The van der Waals surface area contributed by atoms with Gasteiger partial charge in [0.1, 0.15) is 4.88 Å². The van der Waals surface area contributed by atoms with E-state index in [-0.39, 0.29) is 0 Å². The van der Waals surface area contributed by atoms with Gasteiger partial charge < -0.3 is 10.4 Å². The first kappa shape index (κ1) is 12.2. The fourth-order valence-corrected chi connectivity index (χ4v) is 2.24. The minimum atomic E-state index is -0.829. The van der Waals surface area contributed by atoms with Crippen LogP contribution >= 0.6 is 11.3 Å². The number of carboxylic acid groups (broad SMARTS) is 1. The van der Waals surface area contributed by atoms with Crippen molar-refractivity contribution in [3.63, 3.8) is 0 Å². The summed E-state index contributed by atoms with van der Waals surface area (Å²) < 4.78 is 0. The van der Waals surface area contributed by atoms with Gasteiger partial charge in [0.25, 0.3) is 0 Å². The van der Waals surface area contributed by atoms with E-state index in [4.69, 9.17) is 5.11 Å².